The predicted molar refractivity (Wildman–Crippen MR) is 71.9 cm³/mol. The van der Waals surface area contributed by atoms with Crippen molar-refractivity contribution in [3.63, 3.8) is 0 Å². The number of carbonyl (C=O) groups excluding carboxylic acids is 1. The highest BCUT2D eigenvalue weighted by Gasteiger charge is 2.14. The average molecular weight is 247 g/mol. The number of rotatable bonds is 9. The van der Waals surface area contributed by atoms with Gasteiger partial charge in [-0.25, -0.2) is 0 Å². The molecule has 0 aliphatic carbocycles. The first-order chi connectivity index (χ1) is 7.26. The summed E-state index contributed by atoms with van der Waals surface area (Å²) in [5.74, 6) is 0.0781. The van der Waals surface area contributed by atoms with Gasteiger partial charge in [0, 0.05) is 19.0 Å². The Morgan fingerprint density at radius 3 is 2.25 bits per heavy atom. The third kappa shape index (κ3) is 8.50. The third-order valence-corrected chi connectivity index (χ3v) is 2.12. The fourth-order valence-corrected chi connectivity index (χ4v) is 1.31. The fraction of sp³-hybridized carbons (Fsp3) is 0.583. The lowest BCUT2D eigenvalue weighted by Crippen LogP contribution is -2.35. The molecule has 0 aromatic rings. The van der Waals surface area contributed by atoms with Gasteiger partial charge < -0.3 is 10.6 Å². The summed E-state index contributed by atoms with van der Waals surface area (Å²) in [6.07, 6.45) is 4.97. The van der Waals surface area contributed by atoms with Gasteiger partial charge in [-0.1, -0.05) is 19.1 Å². The van der Waals surface area contributed by atoms with Crippen molar-refractivity contribution < 1.29 is 4.79 Å². The molecule has 2 N–H and O–H groups in total. The number of halogens is 1. The minimum atomic E-state index is -0.0124. The zero-order chi connectivity index (χ0) is 11.5. The highest BCUT2D eigenvalue weighted by atomic mass is 35.5. The molecule has 0 bridgehead atoms. The Balaban J connectivity index is 0. The molecule has 0 atom stereocenters. The Labute approximate surface area is 105 Å². The number of allylic oxidation sites excluding steroid dienone is 2. The quantitative estimate of drug-likeness (QED) is 0.482. The number of amides is 1. The normalized spacial score (nSPS) is 9.38. The van der Waals surface area contributed by atoms with Crippen LogP contribution >= 0.6 is 12.4 Å². The largest absolute Gasteiger partial charge is 0.355 e. The lowest BCUT2D eigenvalue weighted by Gasteiger charge is -2.13. The Bertz CT molecular complexity index is 197. The van der Waals surface area contributed by atoms with Crippen LogP contribution in [0.2, 0.25) is 0 Å². The number of carbonyl (C=O) groups is 1. The van der Waals surface area contributed by atoms with Crippen molar-refractivity contribution in [2.75, 3.05) is 19.6 Å². The van der Waals surface area contributed by atoms with Crippen LogP contribution in [0.4, 0.5) is 0 Å². The first-order valence-corrected chi connectivity index (χ1v) is 5.46. The molecule has 0 rings (SSSR count). The maximum absolute atomic E-state index is 11.7. The standard InChI is InChI=1S/C12H22N2O.ClH/c1-4-7-11(8-5-2)12(15)14-10-9-13-6-3;/h4-5,11,13H,1-2,6-10H2,3H3,(H,14,15);1H. The van der Waals surface area contributed by atoms with Gasteiger partial charge in [-0.3, -0.25) is 4.79 Å². The van der Waals surface area contributed by atoms with Crippen molar-refractivity contribution in [1.29, 1.82) is 0 Å². The second-order valence-corrected chi connectivity index (χ2v) is 3.39. The molecule has 0 saturated carbocycles. The van der Waals surface area contributed by atoms with Crippen LogP contribution in [0.3, 0.4) is 0 Å². The summed E-state index contributed by atoms with van der Waals surface area (Å²) in [5.41, 5.74) is 0. The maximum atomic E-state index is 11.7. The second kappa shape index (κ2) is 12.3. The van der Waals surface area contributed by atoms with E-state index < -0.39 is 0 Å². The molecular formula is C12H23ClN2O. The molecular weight excluding hydrogens is 224 g/mol. The zero-order valence-electron chi connectivity index (χ0n) is 10.00. The van der Waals surface area contributed by atoms with Gasteiger partial charge in [0.15, 0.2) is 0 Å². The monoisotopic (exact) mass is 246 g/mol. The van der Waals surface area contributed by atoms with E-state index in [-0.39, 0.29) is 24.2 Å². The van der Waals surface area contributed by atoms with Gasteiger partial charge in [0.1, 0.15) is 0 Å². The third-order valence-electron chi connectivity index (χ3n) is 2.12. The molecule has 0 saturated heterocycles. The number of nitrogens with one attached hydrogen (secondary N) is 2. The Morgan fingerprint density at radius 2 is 1.81 bits per heavy atom. The van der Waals surface area contributed by atoms with E-state index in [1.54, 1.807) is 12.2 Å². The predicted octanol–water partition coefficient (Wildman–Crippen LogP) is 1.90. The lowest BCUT2D eigenvalue weighted by atomic mass is 10.0. The minimum Gasteiger partial charge on any atom is -0.355 e. The molecule has 3 nitrogen and oxygen atoms in total. The van der Waals surface area contributed by atoms with E-state index in [1.807, 2.05) is 6.92 Å². The van der Waals surface area contributed by atoms with Gasteiger partial charge in [0.2, 0.25) is 5.91 Å². The van der Waals surface area contributed by atoms with Crippen molar-refractivity contribution in [3.8, 4) is 0 Å². The topological polar surface area (TPSA) is 41.1 Å². The first-order valence-electron chi connectivity index (χ1n) is 5.46. The molecule has 0 aliphatic rings. The minimum absolute atomic E-state index is 0. The summed E-state index contributed by atoms with van der Waals surface area (Å²) >= 11 is 0. The molecule has 0 fully saturated rings. The Kier molecular flexibility index (Phi) is 13.5. The zero-order valence-corrected chi connectivity index (χ0v) is 10.8. The van der Waals surface area contributed by atoms with Gasteiger partial charge in [0.05, 0.1) is 0 Å². The van der Waals surface area contributed by atoms with Crippen LogP contribution in [0.25, 0.3) is 0 Å². The van der Waals surface area contributed by atoms with Crippen molar-refractivity contribution >= 4 is 18.3 Å². The summed E-state index contributed by atoms with van der Waals surface area (Å²) in [4.78, 5) is 11.7. The van der Waals surface area contributed by atoms with Crippen LogP contribution in [0.5, 0.6) is 0 Å². The van der Waals surface area contributed by atoms with E-state index in [0.717, 1.165) is 13.1 Å². The van der Waals surface area contributed by atoms with Crippen LogP contribution in [-0.4, -0.2) is 25.5 Å². The second-order valence-electron chi connectivity index (χ2n) is 3.39. The first kappa shape index (κ1) is 17.6. The maximum Gasteiger partial charge on any atom is 0.223 e. The lowest BCUT2D eigenvalue weighted by molar-refractivity contribution is -0.124. The summed E-state index contributed by atoms with van der Waals surface area (Å²) in [6, 6.07) is 0. The summed E-state index contributed by atoms with van der Waals surface area (Å²) in [5, 5.41) is 6.04. The molecule has 0 radical (unpaired) electrons. The number of hydrogen-bond acceptors (Lipinski definition) is 2. The van der Waals surface area contributed by atoms with Crippen LogP contribution < -0.4 is 10.6 Å². The number of likely N-dealkylation sites (N-methyl/N-ethyl adjacent to an activating group) is 1. The fourth-order valence-electron chi connectivity index (χ4n) is 1.31. The van der Waals surface area contributed by atoms with E-state index >= 15 is 0 Å². The highest BCUT2D eigenvalue weighted by Crippen LogP contribution is 2.09. The van der Waals surface area contributed by atoms with Crippen LogP contribution in [0, 0.1) is 5.92 Å². The highest BCUT2D eigenvalue weighted by molar-refractivity contribution is 5.85. The Hall–Kier alpha value is -0.800. The molecule has 0 aliphatic heterocycles. The molecule has 4 heteroatoms. The molecule has 0 aromatic carbocycles. The molecule has 0 spiro atoms. The molecule has 16 heavy (non-hydrogen) atoms. The van der Waals surface area contributed by atoms with E-state index in [1.165, 1.54) is 0 Å². The van der Waals surface area contributed by atoms with Crippen molar-refractivity contribution in [1.82, 2.24) is 10.6 Å². The summed E-state index contributed by atoms with van der Waals surface area (Å²) in [6.45, 7) is 11.8. The van der Waals surface area contributed by atoms with Gasteiger partial charge in [-0.2, -0.15) is 0 Å². The van der Waals surface area contributed by atoms with E-state index in [4.69, 9.17) is 0 Å². The van der Waals surface area contributed by atoms with Crippen LogP contribution in [0.15, 0.2) is 25.3 Å². The molecule has 94 valence electrons. The molecule has 0 unspecified atom stereocenters. The van der Waals surface area contributed by atoms with Crippen molar-refractivity contribution in [2.24, 2.45) is 5.92 Å². The summed E-state index contributed by atoms with van der Waals surface area (Å²) < 4.78 is 0. The van der Waals surface area contributed by atoms with E-state index in [2.05, 4.69) is 23.8 Å². The van der Waals surface area contributed by atoms with Gasteiger partial charge in [-0.05, 0) is 19.4 Å². The van der Waals surface area contributed by atoms with Crippen LogP contribution in [-0.2, 0) is 4.79 Å². The molecule has 0 heterocycles. The van der Waals surface area contributed by atoms with E-state index in [0.29, 0.717) is 19.4 Å². The summed E-state index contributed by atoms with van der Waals surface area (Å²) in [7, 11) is 0. The van der Waals surface area contributed by atoms with Gasteiger partial charge >= 0.3 is 0 Å². The molecule has 1 amide bonds. The number of hydrogen-bond donors (Lipinski definition) is 2. The SMILES string of the molecule is C=CCC(CC=C)C(=O)NCCNCC.Cl. The van der Waals surface area contributed by atoms with Gasteiger partial charge in [-0.15, -0.1) is 25.6 Å². The average Bonchev–Trinajstić information content (AvgIpc) is 2.24. The van der Waals surface area contributed by atoms with Crippen LogP contribution in [0.1, 0.15) is 19.8 Å². The van der Waals surface area contributed by atoms with Crippen molar-refractivity contribution in [3.05, 3.63) is 25.3 Å². The van der Waals surface area contributed by atoms with Crippen molar-refractivity contribution in [2.45, 2.75) is 19.8 Å². The van der Waals surface area contributed by atoms with Gasteiger partial charge in [0.25, 0.3) is 0 Å². The molecule has 0 aromatic heterocycles. The smallest absolute Gasteiger partial charge is 0.223 e. The van der Waals surface area contributed by atoms with E-state index in [9.17, 15) is 4.79 Å². The Morgan fingerprint density at radius 1 is 1.25 bits per heavy atom.